The van der Waals surface area contributed by atoms with E-state index in [1.165, 1.54) is 17.0 Å². The minimum atomic E-state index is -4.69. The zero-order valence-electron chi connectivity index (χ0n) is 17.0. The number of carbonyl (C=O) groups is 1. The average Bonchev–Trinajstić information content (AvgIpc) is 2.70. The van der Waals surface area contributed by atoms with Crippen molar-refractivity contribution in [1.29, 1.82) is 0 Å². The third-order valence-electron chi connectivity index (χ3n) is 5.32. The van der Waals surface area contributed by atoms with Gasteiger partial charge in [0.15, 0.2) is 0 Å². The summed E-state index contributed by atoms with van der Waals surface area (Å²) in [5, 5.41) is 0. The Labute approximate surface area is 174 Å². The van der Waals surface area contributed by atoms with E-state index in [1.54, 1.807) is 12.1 Å². The second-order valence-electron chi connectivity index (χ2n) is 7.58. The molecule has 5 nitrogen and oxygen atoms in total. The second-order valence-corrected chi connectivity index (χ2v) is 7.58. The molecule has 1 aliphatic heterocycles. The van der Waals surface area contributed by atoms with Crippen LogP contribution >= 0.6 is 0 Å². The van der Waals surface area contributed by atoms with Gasteiger partial charge in [-0.15, -0.1) is 0 Å². The molecule has 0 aliphatic carbocycles. The van der Waals surface area contributed by atoms with Crippen molar-refractivity contribution in [2.75, 3.05) is 26.7 Å². The Morgan fingerprint density at radius 3 is 2.53 bits per heavy atom. The van der Waals surface area contributed by atoms with Gasteiger partial charge in [0.1, 0.15) is 11.5 Å². The highest BCUT2D eigenvalue weighted by molar-refractivity contribution is 5.93. The lowest BCUT2D eigenvalue weighted by Gasteiger charge is -2.31. The predicted octanol–water partition coefficient (Wildman–Crippen LogP) is 3.35. The van der Waals surface area contributed by atoms with Crippen LogP contribution in [0.3, 0.4) is 0 Å². The van der Waals surface area contributed by atoms with Gasteiger partial charge >= 0.3 is 6.18 Å². The lowest BCUT2D eigenvalue weighted by atomic mass is 9.93. The highest BCUT2D eigenvalue weighted by Gasteiger charge is 2.32. The SMILES string of the molecule is C=C(/C=C(\NN)C(=O)N(CCC1CCN(C)CC1)Cc1ccccc1F)C(F)(F)F. The minimum Gasteiger partial charge on any atom is -0.333 e. The van der Waals surface area contributed by atoms with Crippen molar-refractivity contribution in [3.63, 3.8) is 0 Å². The van der Waals surface area contributed by atoms with Crippen molar-refractivity contribution < 1.29 is 22.4 Å². The summed E-state index contributed by atoms with van der Waals surface area (Å²) < 4.78 is 52.7. The molecule has 0 aromatic heterocycles. The number of piperidine rings is 1. The van der Waals surface area contributed by atoms with Gasteiger partial charge in [-0.25, -0.2) is 4.39 Å². The summed E-state index contributed by atoms with van der Waals surface area (Å²) in [4.78, 5) is 16.5. The van der Waals surface area contributed by atoms with Gasteiger partial charge in [-0.2, -0.15) is 13.2 Å². The Morgan fingerprint density at radius 1 is 1.33 bits per heavy atom. The van der Waals surface area contributed by atoms with Crippen LogP contribution in [-0.2, 0) is 11.3 Å². The highest BCUT2D eigenvalue weighted by Crippen LogP contribution is 2.26. The maximum atomic E-state index is 14.1. The summed E-state index contributed by atoms with van der Waals surface area (Å²) in [5.41, 5.74) is 0.665. The van der Waals surface area contributed by atoms with E-state index in [0.717, 1.165) is 25.9 Å². The van der Waals surface area contributed by atoms with Crippen molar-refractivity contribution >= 4 is 5.91 Å². The fourth-order valence-electron chi connectivity index (χ4n) is 3.37. The van der Waals surface area contributed by atoms with Gasteiger partial charge in [-0.3, -0.25) is 10.6 Å². The first-order valence-corrected chi connectivity index (χ1v) is 9.77. The number of nitrogens with zero attached hydrogens (tertiary/aromatic N) is 2. The van der Waals surface area contributed by atoms with Crippen LogP contribution < -0.4 is 11.3 Å². The third kappa shape index (κ3) is 6.84. The molecule has 30 heavy (non-hydrogen) atoms. The average molecular weight is 428 g/mol. The summed E-state index contributed by atoms with van der Waals surface area (Å²) in [7, 11) is 2.04. The van der Waals surface area contributed by atoms with Crippen LogP contribution in [0.25, 0.3) is 0 Å². The van der Waals surface area contributed by atoms with E-state index in [0.29, 0.717) is 18.4 Å². The minimum absolute atomic E-state index is 0.0738. The number of nitrogens with one attached hydrogen (secondary N) is 1. The molecule has 0 saturated carbocycles. The molecule has 1 aromatic carbocycles. The molecule has 9 heteroatoms. The monoisotopic (exact) mass is 428 g/mol. The highest BCUT2D eigenvalue weighted by atomic mass is 19.4. The lowest BCUT2D eigenvalue weighted by molar-refractivity contribution is -0.128. The number of allylic oxidation sites excluding steroid dienone is 2. The number of rotatable bonds is 8. The zero-order valence-corrected chi connectivity index (χ0v) is 17.0. The molecule has 1 heterocycles. The lowest BCUT2D eigenvalue weighted by Crippen LogP contribution is -2.40. The van der Waals surface area contributed by atoms with E-state index in [-0.39, 0.29) is 18.7 Å². The zero-order chi connectivity index (χ0) is 22.3. The maximum absolute atomic E-state index is 14.1. The summed E-state index contributed by atoms with van der Waals surface area (Å²) in [6, 6.07) is 5.99. The Balaban J connectivity index is 2.20. The number of hydrogen-bond donors (Lipinski definition) is 2. The van der Waals surface area contributed by atoms with E-state index in [2.05, 4.69) is 11.5 Å². The van der Waals surface area contributed by atoms with Gasteiger partial charge in [-0.1, -0.05) is 24.8 Å². The molecule has 2 rings (SSSR count). The first kappa shape index (κ1) is 23.9. The predicted molar refractivity (Wildman–Crippen MR) is 107 cm³/mol. The number of carbonyl (C=O) groups excluding carboxylic acids is 1. The van der Waals surface area contributed by atoms with Crippen molar-refractivity contribution in [2.24, 2.45) is 11.8 Å². The normalized spacial score (nSPS) is 16.4. The van der Waals surface area contributed by atoms with Crippen LogP contribution in [0.1, 0.15) is 24.8 Å². The first-order chi connectivity index (χ1) is 14.1. The number of hydrazine groups is 1. The molecule has 1 amide bonds. The van der Waals surface area contributed by atoms with Crippen LogP contribution in [-0.4, -0.2) is 48.6 Å². The molecule has 166 valence electrons. The summed E-state index contributed by atoms with van der Waals surface area (Å²) in [5.74, 6) is 4.49. The van der Waals surface area contributed by atoms with Crippen LogP contribution in [0.4, 0.5) is 17.6 Å². The van der Waals surface area contributed by atoms with E-state index < -0.39 is 29.2 Å². The van der Waals surface area contributed by atoms with Crippen molar-refractivity contribution in [2.45, 2.75) is 32.0 Å². The number of amides is 1. The van der Waals surface area contributed by atoms with Gasteiger partial charge in [0.05, 0.1) is 5.57 Å². The summed E-state index contributed by atoms with van der Waals surface area (Å²) in [6.45, 7) is 5.05. The molecule has 1 aliphatic rings. The molecule has 1 fully saturated rings. The fourth-order valence-corrected chi connectivity index (χ4v) is 3.37. The molecule has 0 atom stereocenters. The quantitative estimate of drug-likeness (QED) is 0.219. The van der Waals surface area contributed by atoms with Crippen LogP contribution in [0.5, 0.6) is 0 Å². The van der Waals surface area contributed by atoms with Gasteiger partial charge in [0.25, 0.3) is 5.91 Å². The Morgan fingerprint density at radius 2 is 1.97 bits per heavy atom. The van der Waals surface area contributed by atoms with Gasteiger partial charge in [-0.05, 0) is 57.5 Å². The number of halogens is 4. The Kier molecular flexibility index (Phi) is 8.43. The number of nitrogens with two attached hydrogens (primary N) is 1. The van der Waals surface area contributed by atoms with Crippen LogP contribution in [0.15, 0.2) is 48.2 Å². The molecule has 0 spiro atoms. The second kappa shape index (κ2) is 10.6. The van der Waals surface area contributed by atoms with E-state index in [9.17, 15) is 22.4 Å². The fraction of sp³-hybridized carbons (Fsp3) is 0.476. The topological polar surface area (TPSA) is 61.6 Å². The Bertz CT molecular complexity index is 771. The van der Waals surface area contributed by atoms with Gasteiger partial charge in [0, 0.05) is 18.7 Å². The molecule has 1 aromatic rings. The first-order valence-electron chi connectivity index (χ1n) is 9.77. The van der Waals surface area contributed by atoms with Gasteiger partial charge < -0.3 is 15.2 Å². The summed E-state index contributed by atoms with van der Waals surface area (Å²) in [6.07, 6.45) is -1.49. The molecule has 0 radical (unpaired) electrons. The van der Waals surface area contributed by atoms with Crippen molar-refractivity contribution in [3.8, 4) is 0 Å². The Hall–Kier alpha value is -2.39. The number of likely N-dealkylation sites (tertiary alicyclic amines) is 1. The largest absolute Gasteiger partial charge is 0.415 e. The van der Waals surface area contributed by atoms with Crippen LogP contribution in [0, 0.1) is 11.7 Å². The van der Waals surface area contributed by atoms with E-state index in [1.807, 2.05) is 12.5 Å². The smallest absolute Gasteiger partial charge is 0.333 e. The maximum Gasteiger partial charge on any atom is 0.415 e. The molecule has 1 saturated heterocycles. The summed E-state index contributed by atoms with van der Waals surface area (Å²) >= 11 is 0. The molecule has 0 bridgehead atoms. The number of hydrogen-bond acceptors (Lipinski definition) is 4. The standard InChI is InChI=1S/C21H28F4N4O/c1-15(21(23,24)25)13-19(27-26)20(30)29(14-17-5-3-4-6-18(17)22)12-9-16-7-10-28(2)11-8-16/h3-6,13,16,27H,1,7-12,14,26H2,2H3/b19-13-. The van der Waals surface area contributed by atoms with Crippen molar-refractivity contribution in [3.05, 3.63) is 59.6 Å². The van der Waals surface area contributed by atoms with Crippen molar-refractivity contribution in [1.82, 2.24) is 15.2 Å². The molecule has 0 unspecified atom stereocenters. The number of alkyl halides is 3. The van der Waals surface area contributed by atoms with E-state index in [4.69, 9.17) is 5.84 Å². The number of benzene rings is 1. The molecular weight excluding hydrogens is 400 g/mol. The third-order valence-corrected chi connectivity index (χ3v) is 5.32. The van der Waals surface area contributed by atoms with Crippen LogP contribution in [0.2, 0.25) is 0 Å². The molecule has 3 N–H and O–H groups in total. The molecular formula is C21H28F4N4O. The van der Waals surface area contributed by atoms with Gasteiger partial charge in [0.2, 0.25) is 0 Å². The van der Waals surface area contributed by atoms with E-state index >= 15 is 0 Å².